The van der Waals surface area contributed by atoms with Crippen LogP contribution >= 0.6 is 0 Å². The Labute approximate surface area is 324 Å². The number of hydrogen-bond donors (Lipinski definition) is 0. The van der Waals surface area contributed by atoms with E-state index in [1.54, 1.807) is 4.68 Å². The standard InChI is InChI=1S/C40H61N7O4Si3/c1-38(2,3)52(10,11)48-25-30-32(50-53(12,13)39(4,5)6)33(51-54(14,15)40(7,8)9)37(49-30)46-26-41-31-35(46)42-34(27-21-17-16-18-22-27)43-36(31)47-29-24-20-19-23-28(29)44-45-47/h16-24,26,30,32-33,37H,25H2,1-15H3/t30-,32-,33-,37-/m1/s1. The highest BCUT2D eigenvalue weighted by atomic mass is 28.4. The summed E-state index contributed by atoms with van der Waals surface area (Å²) in [6.45, 7) is 34.6. The van der Waals surface area contributed by atoms with Crippen molar-refractivity contribution >= 4 is 47.1 Å². The first-order valence-electron chi connectivity index (χ1n) is 19.2. The van der Waals surface area contributed by atoms with Crippen LogP contribution in [0.4, 0.5) is 0 Å². The minimum absolute atomic E-state index is 0.0328. The summed E-state index contributed by atoms with van der Waals surface area (Å²) < 4.78 is 32.8. The summed E-state index contributed by atoms with van der Waals surface area (Å²) in [5.74, 6) is 1.09. The molecule has 0 unspecified atom stereocenters. The Hall–Kier alpha value is -3.12. The molecule has 292 valence electrons. The fraction of sp³-hybridized carbons (Fsp3) is 0.575. The molecule has 4 heterocycles. The molecule has 1 aliphatic rings. The van der Waals surface area contributed by atoms with Gasteiger partial charge in [0.25, 0.3) is 0 Å². The zero-order chi connectivity index (χ0) is 39.6. The summed E-state index contributed by atoms with van der Waals surface area (Å²) in [7, 11) is -6.87. The number of nitrogens with zero attached hydrogens (tertiary/aromatic N) is 7. The minimum atomic E-state index is -2.39. The predicted octanol–water partition coefficient (Wildman–Crippen LogP) is 9.93. The minimum Gasteiger partial charge on any atom is -0.414 e. The monoisotopic (exact) mass is 787 g/mol. The number of benzene rings is 2. The van der Waals surface area contributed by atoms with Crippen LogP contribution in [0.1, 0.15) is 68.5 Å². The van der Waals surface area contributed by atoms with Gasteiger partial charge < -0.3 is 18.0 Å². The largest absolute Gasteiger partial charge is 0.414 e. The average molecular weight is 788 g/mol. The van der Waals surface area contributed by atoms with E-state index in [0.29, 0.717) is 29.4 Å². The molecular weight excluding hydrogens is 727 g/mol. The van der Waals surface area contributed by atoms with Crippen LogP contribution in [0, 0.1) is 0 Å². The molecule has 6 rings (SSSR count). The van der Waals surface area contributed by atoms with Crippen LogP contribution in [0.5, 0.6) is 0 Å². The average Bonchev–Trinajstić information content (AvgIpc) is 3.78. The zero-order valence-electron chi connectivity index (χ0n) is 35.1. The molecule has 0 amide bonds. The molecule has 5 aromatic rings. The Morgan fingerprint density at radius 3 is 1.89 bits per heavy atom. The highest BCUT2D eigenvalue weighted by Crippen LogP contribution is 2.47. The van der Waals surface area contributed by atoms with Gasteiger partial charge in [-0.05, 0) is 66.5 Å². The number of hydrogen-bond acceptors (Lipinski definition) is 9. The van der Waals surface area contributed by atoms with E-state index in [9.17, 15) is 0 Å². The first-order chi connectivity index (χ1) is 24.9. The number of rotatable bonds is 10. The van der Waals surface area contributed by atoms with Gasteiger partial charge in [-0.15, -0.1) is 5.10 Å². The van der Waals surface area contributed by atoms with Crippen LogP contribution in [0.2, 0.25) is 54.4 Å². The van der Waals surface area contributed by atoms with Crippen molar-refractivity contribution < 1.29 is 18.0 Å². The quantitative estimate of drug-likeness (QED) is 0.128. The second-order valence-corrected chi connectivity index (χ2v) is 33.7. The molecule has 1 aliphatic heterocycles. The normalized spacial score (nSPS) is 20.7. The maximum absolute atomic E-state index is 7.47. The fourth-order valence-electron chi connectivity index (χ4n) is 5.85. The fourth-order valence-corrected chi connectivity index (χ4v) is 9.47. The molecule has 11 nitrogen and oxygen atoms in total. The van der Waals surface area contributed by atoms with Crippen molar-refractivity contribution in [2.24, 2.45) is 0 Å². The second-order valence-electron chi connectivity index (χ2n) is 19.4. The van der Waals surface area contributed by atoms with Crippen LogP contribution < -0.4 is 0 Å². The molecule has 0 aliphatic carbocycles. The van der Waals surface area contributed by atoms with Crippen molar-refractivity contribution in [1.82, 2.24) is 34.5 Å². The summed E-state index contributed by atoms with van der Waals surface area (Å²) in [5.41, 5.74) is 3.67. The maximum atomic E-state index is 7.47. The van der Waals surface area contributed by atoms with Gasteiger partial charge in [0.05, 0.1) is 18.5 Å². The van der Waals surface area contributed by atoms with Crippen LogP contribution in [-0.2, 0) is 18.0 Å². The first kappa shape index (κ1) is 40.5. The Kier molecular flexibility index (Phi) is 10.6. The number of para-hydroxylation sites is 1. The summed E-state index contributed by atoms with van der Waals surface area (Å²) in [5, 5.41) is 8.94. The molecule has 0 radical (unpaired) electrons. The molecule has 0 saturated carbocycles. The van der Waals surface area contributed by atoms with Gasteiger partial charge in [0.2, 0.25) is 0 Å². The van der Waals surface area contributed by atoms with E-state index in [-0.39, 0.29) is 27.3 Å². The second kappa shape index (κ2) is 14.1. The topological polar surface area (TPSA) is 111 Å². The van der Waals surface area contributed by atoms with Gasteiger partial charge in [-0.1, -0.05) is 110 Å². The molecule has 1 fully saturated rings. The Balaban J connectivity index is 1.56. The van der Waals surface area contributed by atoms with Gasteiger partial charge in [-0.25, -0.2) is 15.0 Å². The highest BCUT2D eigenvalue weighted by Gasteiger charge is 2.55. The molecule has 14 heteroatoms. The first-order valence-corrected chi connectivity index (χ1v) is 27.9. The van der Waals surface area contributed by atoms with Crippen molar-refractivity contribution in [3.8, 4) is 17.2 Å². The number of imidazole rings is 1. The summed E-state index contributed by atoms with van der Waals surface area (Å²) in [6.07, 6.45) is -0.0350. The van der Waals surface area contributed by atoms with Crippen LogP contribution in [0.3, 0.4) is 0 Å². The van der Waals surface area contributed by atoms with Crippen LogP contribution in [0.15, 0.2) is 60.9 Å². The van der Waals surface area contributed by atoms with E-state index in [0.717, 1.165) is 16.6 Å². The molecule has 3 aromatic heterocycles. The van der Waals surface area contributed by atoms with Crippen LogP contribution in [0.25, 0.3) is 39.4 Å². The lowest BCUT2D eigenvalue weighted by atomic mass is 10.1. The van der Waals surface area contributed by atoms with E-state index in [1.807, 2.05) is 65.5 Å². The molecule has 0 bridgehead atoms. The number of fused-ring (bicyclic) bond motifs is 2. The van der Waals surface area contributed by atoms with Crippen molar-refractivity contribution in [2.45, 2.75) is 141 Å². The van der Waals surface area contributed by atoms with Crippen LogP contribution in [-0.4, -0.2) is 84.4 Å². The van der Waals surface area contributed by atoms with E-state index in [1.165, 1.54) is 0 Å². The van der Waals surface area contributed by atoms with Crippen molar-refractivity contribution in [3.63, 3.8) is 0 Å². The van der Waals surface area contributed by atoms with Gasteiger partial charge in [0.1, 0.15) is 23.8 Å². The maximum Gasteiger partial charge on any atom is 0.192 e. The van der Waals surface area contributed by atoms with Gasteiger partial charge in [-0.2, -0.15) is 4.68 Å². The lowest BCUT2D eigenvalue weighted by Gasteiger charge is -2.44. The lowest BCUT2D eigenvalue weighted by molar-refractivity contribution is -0.0470. The van der Waals surface area contributed by atoms with Crippen molar-refractivity contribution in [3.05, 3.63) is 60.9 Å². The summed E-state index contributed by atoms with van der Waals surface area (Å²) >= 11 is 0. The third-order valence-corrected chi connectivity index (χ3v) is 25.9. The summed E-state index contributed by atoms with van der Waals surface area (Å²) in [6, 6.07) is 17.8. The Bertz CT molecular complexity index is 2100. The van der Waals surface area contributed by atoms with E-state index in [2.05, 4.69) is 112 Å². The van der Waals surface area contributed by atoms with Crippen molar-refractivity contribution in [1.29, 1.82) is 0 Å². The predicted molar refractivity (Wildman–Crippen MR) is 224 cm³/mol. The molecule has 2 aromatic carbocycles. The van der Waals surface area contributed by atoms with Crippen molar-refractivity contribution in [2.75, 3.05) is 6.61 Å². The molecule has 4 atom stereocenters. The van der Waals surface area contributed by atoms with E-state index < -0.39 is 37.3 Å². The van der Waals surface area contributed by atoms with Gasteiger partial charge in [-0.3, -0.25) is 4.57 Å². The Morgan fingerprint density at radius 2 is 1.28 bits per heavy atom. The molecule has 1 saturated heterocycles. The molecule has 0 spiro atoms. The molecule has 54 heavy (non-hydrogen) atoms. The number of aromatic nitrogens is 7. The van der Waals surface area contributed by atoms with Gasteiger partial charge in [0.15, 0.2) is 54.0 Å². The van der Waals surface area contributed by atoms with Gasteiger partial charge in [0, 0.05) is 5.56 Å². The SMILES string of the molecule is CC(C)(C)[Si](C)(C)OC[C@H]1O[C@@H](n2cnc3c(-n4nnc5ccccc54)nc(-c4ccccc4)nc32)[C@H](O[Si](C)(C)C(C)(C)C)[C@@H]1O[Si](C)(C)C(C)(C)C. The van der Waals surface area contributed by atoms with E-state index >= 15 is 0 Å². The lowest BCUT2D eigenvalue weighted by Crippen LogP contribution is -2.54. The highest BCUT2D eigenvalue weighted by molar-refractivity contribution is 6.75. The smallest absolute Gasteiger partial charge is 0.192 e. The molecule has 0 N–H and O–H groups in total. The van der Waals surface area contributed by atoms with Gasteiger partial charge >= 0.3 is 0 Å². The Morgan fingerprint density at radius 1 is 0.704 bits per heavy atom. The zero-order valence-corrected chi connectivity index (χ0v) is 38.1. The number of ether oxygens (including phenoxy) is 1. The summed E-state index contributed by atoms with van der Waals surface area (Å²) in [4.78, 5) is 15.3. The third-order valence-electron chi connectivity index (χ3n) is 12.4. The molecular formula is C40H61N7O4Si3. The third kappa shape index (κ3) is 7.67. The van der Waals surface area contributed by atoms with E-state index in [4.69, 9.17) is 33.0 Å².